The molecule has 1 amide bonds. The molecule has 0 bridgehead atoms. The van der Waals surface area contributed by atoms with Gasteiger partial charge in [-0.25, -0.2) is 4.79 Å². The van der Waals surface area contributed by atoms with Crippen molar-refractivity contribution < 1.29 is 23.8 Å². The maximum absolute atomic E-state index is 12.3. The average molecular weight is 392 g/mol. The van der Waals surface area contributed by atoms with E-state index in [9.17, 15) is 9.59 Å². The first-order valence-electron chi connectivity index (χ1n) is 8.31. The summed E-state index contributed by atoms with van der Waals surface area (Å²) in [5, 5.41) is 3.40. The van der Waals surface area contributed by atoms with Crippen molar-refractivity contribution in [2.75, 3.05) is 14.2 Å². The first kappa shape index (κ1) is 20.6. The summed E-state index contributed by atoms with van der Waals surface area (Å²) in [5.41, 5.74) is 1.88. The number of carbonyl (C=O) groups is 2. The van der Waals surface area contributed by atoms with Gasteiger partial charge >= 0.3 is 5.97 Å². The number of aryl methyl sites for hydroxylation is 1. The predicted octanol–water partition coefficient (Wildman–Crippen LogP) is 3.53. The van der Waals surface area contributed by atoms with Gasteiger partial charge in [-0.15, -0.1) is 0 Å². The molecule has 0 aliphatic carbocycles. The second kappa shape index (κ2) is 9.28. The van der Waals surface area contributed by atoms with Crippen LogP contribution in [0.25, 0.3) is 0 Å². The van der Waals surface area contributed by atoms with Crippen molar-refractivity contribution in [2.45, 2.75) is 26.5 Å². The van der Waals surface area contributed by atoms with Crippen LogP contribution in [0.3, 0.4) is 0 Å². The number of methoxy groups -OCH3 is 2. The minimum absolute atomic E-state index is 0.236. The van der Waals surface area contributed by atoms with Crippen molar-refractivity contribution >= 4 is 23.5 Å². The lowest BCUT2D eigenvalue weighted by Crippen LogP contribution is -2.36. The molecular formula is C20H22ClNO5. The molecule has 1 atom stereocenters. The SMILES string of the molecule is COC(=O)c1cc(CNC(=O)C(C)Oc2ccc(Cl)cc2C)ccc1OC. The highest BCUT2D eigenvalue weighted by atomic mass is 35.5. The van der Waals surface area contributed by atoms with Crippen molar-refractivity contribution in [1.82, 2.24) is 5.32 Å². The number of esters is 1. The normalized spacial score (nSPS) is 11.4. The van der Waals surface area contributed by atoms with E-state index in [2.05, 4.69) is 5.32 Å². The molecule has 2 aromatic carbocycles. The highest BCUT2D eigenvalue weighted by Gasteiger charge is 2.17. The number of rotatable bonds is 7. The summed E-state index contributed by atoms with van der Waals surface area (Å²) in [6, 6.07) is 10.3. The molecule has 0 radical (unpaired) electrons. The summed E-state index contributed by atoms with van der Waals surface area (Å²) in [7, 11) is 2.77. The lowest BCUT2D eigenvalue weighted by Gasteiger charge is -2.17. The molecule has 144 valence electrons. The fourth-order valence-electron chi connectivity index (χ4n) is 2.46. The highest BCUT2D eigenvalue weighted by molar-refractivity contribution is 6.30. The fraction of sp³-hybridized carbons (Fsp3) is 0.300. The third-order valence-corrected chi connectivity index (χ3v) is 4.18. The van der Waals surface area contributed by atoms with Crippen molar-refractivity contribution in [2.24, 2.45) is 0 Å². The summed E-state index contributed by atoms with van der Waals surface area (Å²) >= 11 is 5.92. The minimum Gasteiger partial charge on any atom is -0.496 e. The molecule has 2 aromatic rings. The number of nitrogens with one attached hydrogen (secondary N) is 1. The van der Waals surface area contributed by atoms with Gasteiger partial charge in [0.15, 0.2) is 6.10 Å². The molecule has 6 nitrogen and oxygen atoms in total. The Bertz CT molecular complexity index is 837. The fourth-order valence-corrected chi connectivity index (χ4v) is 2.68. The zero-order chi connectivity index (χ0) is 20.0. The van der Waals surface area contributed by atoms with E-state index in [1.807, 2.05) is 6.92 Å². The van der Waals surface area contributed by atoms with Gasteiger partial charge in [-0.2, -0.15) is 0 Å². The Balaban J connectivity index is 2.01. The van der Waals surface area contributed by atoms with Crippen LogP contribution in [0.15, 0.2) is 36.4 Å². The third-order valence-electron chi connectivity index (χ3n) is 3.95. The molecule has 0 saturated heterocycles. The lowest BCUT2D eigenvalue weighted by atomic mass is 10.1. The predicted molar refractivity (Wildman–Crippen MR) is 102 cm³/mol. The molecule has 27 heavy (non-hydrogen) atoms. The Hall–Kier alpha value is -2.73. The van der Waals surface area contributed by atoms with Crippen LogP contribution in [-0.2, 0) is 16.1 Å². The van der Waals surface area contributed by atoms with Gasteiger partial charge in [0.2, 0.25) is 0 Å². The minimum atomic E-state index is -0.691. The average Bonchev–Trinajstić information content (AvgIpc) is 2.67. The summed E-state index contributed by atoms with van der Waals surface area (Å²) < 4.78 is 15.6. The standard InChI is InChI=1S/C20H22ClNO5/c1-12-9-15(21)6-8-17(12)27-13(2)19(23)22-11-14-5-7-18(25-3)16(10-14)20(24)26-4/h5-10,13H,11H2,1-4H3,(H,22,23). The summed E-state index contributed by atoms with van der Waals surface area (Å²) in [4.78, 5) is 24.2. The van der Waals surface area contributed by atoms with Crippen LogP contribution in [-0.4, -0.2) is 32.2 Å². The van der Waals surface area contributed by atoms with Crippen LogP contribution in [0.1, 0.15) is 28.4 Å². The summed E-state index contributed by atoms with van der Waals surface area (Å²) in [6.07, 6.45) is -0.691. The number of carbonyl (C=O) groups excluding carboxylic acids is 2. The Morgan fingerprint density at radius 1 is 1.11 bits per heavy atom. The van der Waals surface area contributed by atoms with Gasteiger partial charge in [-0.05, 0) is 55.3 Å². The van der Waals surface area contributed by atoms with Crippen molar-refractivity contribution in [3.63, 3.8) is 0 Å². The first-order chi connectivity index (χ1) is 12.8. The third kappa shape index (κ3) is 5.37. The van der Waals surface area contributed by atoms with E-state index in [4.69, 9.17) is 25.8 Å². The molecule has 1 unspecified atom stereocenters. The number of benzene rings is 2. The molecule has 0 aliphatic rings. The van der Waals surface area contributed by atoms with Gasteiger partial charge in [-0.1, -0.05) is 17.7 Å². The molecule has 0 aliphatic heterocycles. The Kier molecular flexibility index (Phi) is 7.07. The van der Waals surface area contributed by atoms with E-state index in [1.165, 1.54) is 14.2 Å². The molecule has 0 heterocycles. The highest BCUT2D eigenvalue weighted by Crippen LogP contribution is 2.23. The molecule has 0 spiro atoms. The van der Waals surface area contributed by atoms with Gasteiger partial charge in [0.1, 0.15) is 17.1 Å². The zero-order valence-corrected chi connectivity index (χ0v) is 16.4. The largest absolute Gasteiger partial charge is 0.496 e. The molecule has 7 heteroatoms. The maximum Gasteiger partial charge on any atom is 0.341 e. The summed E-state index contributed by atoms with van der Waals surface area (Å²) in [6.45, 7) is 3.76. The van der Waals surface area contributed by atoms with E-state index in [1.54, 1.807) is 43.3 Å². The van der Waals surface area contributed by atoms with Gasteiger partial charge in [0.25, 0.3) is 5.91 Å². The number of amides is 1. The quantitative estimate of drug-likeness (QED) is 0.731. The van der Waals surface area contributed by atoms with Crippen LogP contribution in [0.4, 0.5) is 0 Å². The van der Waals surface area contributed by atoms with Crippen LogP contribution in [0.5, 0.6) is 11.5 Å². The van der Waals surface area contributed by atoms with Crippen molar-refractivity contribution in [1.29, 1.82) is 0 Å². The van der Waals surface area contributed by atoms with Crippen LogP contribution in [0, 0.1) is 6.92 Å². The van der Waals surface area contributed by atoms with Crippen LogP contribution in [0.2, 0.25) is 5.02 Å². The van der Waals surface area contributed by atoms with E-state index >= 15 is 0 Å². The Labute approximate surface area is 163 Å². The molecule has 0 saturated carbocycles. The molecule has 0 aromatic heterocycles. The Morgan fingerprint density at radius 3 is 2.44 bits per heavy atom. The zero-order valence-electron chi connectivity index (χ0n) is 15.7. The van der Waals surface area contributed by atoms with Gasteiger partial charge in [-0.3, -0.25) is 4.79 Å². The topological polar surface area (TPSA) is 73.9 Å². The monoisotopic (exact) mass is 391 g/mol. The van der Waals surface area contributed by atoms with Crippen molar-refractivity contribution in [3.05, 3.63) is 58.1 Å². The first-order valence-corrected chi connectivity index (χ1v) is 8.69. The van der Waals surface area contributed by atoms with E-state index in [-0.39, 0.29) is 12.5 Å². The van der Waals surface area contributed by atoms with Crippen LogP contribution < -0.4 is 14.8 Å². The van der Waals surface area contributed by atoms with Crippen molar-refractivity contribution in [3.8, 4) is 11.5 Å². The number of halogens is 1. The second-order valence-corrected chi connectivity index (χ2v) is 6.35. The van der Waals surface area contributed by atoms with E-state index in [0.29, 0.717) is 22.1 Å². The molecule has 0 fully saturated rings. The Morgan fingerprint density at radius 2 is 1.81 bits per heavy atom. The molecular weight excluding hydrogens is 370 g/mol. The smallest absolute Gasteiger partial charge is 0.341 e. The molecule has 2 rings (SSSR count). The number of hydrogen-bond donors (Lipinski definition) is 1. The van der Waals surface area contributed by atoms with E-state index in [0.717, 1.165) is 11.1 Å². The lowest BCUT2D eigenvalue weighted by molar-refractivity contribution is -0.127. The summed E-state index contributed by atoms with van der Waals surface area (Å²) in [5.74, 6) is 0.223. The maximum atomic E-state index is 12.3. The molecule has 1 N–H and O–H groups in total. The van der Waals surface area contributed by atoms with Gasteiger partial charge < -0.3 is 19.5 Å². The second-order valence-electron chi connectivity index (χ2n) is 5.91. The van der Waals surface area contributed by atoms with E-state index < -0.39 is 12.1 Å². The number of hydrogen-bond acceptors (Lipinski definition) is 5. The van der Waals surface area contributed by atoms with Gasteiger partial charge in [0.05, 0.1) is 14.2 Å². The number of ether oxygens (including phenoxy) is 3. The van der Waals surface area contributed by atoms with Crippen LogP contribution >= 0.6 is 11.6 Å². The van der Waals surface area contributed by atoms with Gasteiger partial charge in [0, 0.05) is 11.6 Å².